The van der Waals surface area contributed by atoms with Crippen LogP contribution in [0.3, 0.4) is 0 Å². The van der Waals surface area contributed by atoms with Crippen LogP contribution in [0.15, 0.2) is 12.2 Å². The van der Waals surface area contributed by atoms with Crippen molar-refractivity contribution in [1.82, 2.24) is 10.6 Å². The molecule has 7 heteroatoms. The van der Waals surface area contributed by atoms with Crippen molar-refractivity contribution in [3.8, 4) is 0 Å². The first-order chi connectivity index (χ1) is 14.0. The lowest BCUT2D eigenvalue weighted by Gasteiger charge is -2.28. The van der Waals surface area contributed by atoms with Gasteiger partial charge in [0.25, 0.3) is 0 Å². The Balaban J connectivity index is 1.66. The van der Waals surface area contributed by atoms with Gasteiger partial charge in [-0.2, -0.15) is 0 Å². The number of carboxylic acid groups (broad SMARTS) is 1. The molecule has 0 aliphatic carbocycles. The van der Waals surface area contributed by atoms with E-state index in [9.17, 15) is 14.4 Å². The van der Waals surface area contributed by atoms with Gasteiger partial charge in [0.05, 0.1) is 18.8 Å². The molecule has 2 fully saturated rings. The topological polar surface area (TPSA) is 105 Å². The Hall–Kier alpha value is -1.89. The number of allylic oxidation sites excluding steroid dienone is 1. The predicted octanol–water partition coefficient (Wildman–Crippen LogP) is 2.79. The van der Waals surface area contributed by atoms with Gasteiger partial charge in [0.2, 0.25) is 11.8 Å². The molecular weight excluding hydrogens is 372 g/mol. The zero-order valence-electron chi connectivity index (χ0n) is 17.5. The quantitative estimate of drug-likeness (QED) is 0.303. The third kappa shape index (κ3) is 8.17. The summed E-state index contributed by atoms with van der Waals surface area (Å²) in [5.74, 6) is -0.339. The average molecular weight is 409 g/mol. The Morgan fingerprint density at radius 2 is 1.76 bits per heavy atom. The van der Waals surface area contributed by atoms with Gasteiger partial charge in [-0.25, -0.2) is 4.79 Å². The number of hydrogen-bond donors (Lipinski definition) is 3. The molecule has 3 N–H and O–H groups in total. The van der Waals surface area contributed by atoms with Crippen LogP contribution in [-0.4, -0.2) is 48.2 Å². The minimum Gasteiger partial charge on any atom is -0.478 e. The molecule has 4 atom stereocenters. The van der Waals surface area contributed by atoms with Crippen LogP contribution in [0, 0.1) is 11.8 Å². The number of aliphatic carboxylic acids is 1. The maximum absolute atomic E-state index is 12.1. The summed E-state index contributed by atoms with van der Waals surface area (Å²) in [5, 5.41) is 14.3. The van der Waals surface area contributed by atoms with E-state index in [1.54, 1.807) is 6.08 Å². The molecule has 0 aromatic carbocycles. The lowest BCUT2D eigenvalue weighted by Crippen LogP contribution is -2.42. The largest absolute Gasteiger partial charge is 0.478 e. The van der Waals surface area contributed by atoms with Gasteiger partial charge in [-0.3, -0.25) is 9.59 Å². The van der Waals surface area contributed by atoms with Gasteiger partial charge in [0.1, 0.15) is 0 Å². The predicted molar refractivity (Wildman–Crippen MR) is 110 cm³/mol. The van der Waals surface area contributed by atoms with E-state index in [0.717, 1.165) is 57.8 Å². The molecule has 2 heterocycles. The van der Waals surface area contributed by atoms with E-state index in [4.69, 9.17) is 9.84 Å². The zero-order chi connectivity index (χ0) is 21.1. The Labute approximate surface area is 173 Å². The summed E-state index contributed by atoms with van der Waals surface area (Å²) < 4.78 is 6.08. The van der Waals surface area contributed by atoms with Crippen molar-refractivity contribution in [3.05, 3.63) is 12.2 Å². The maximum Gasteiger partial charge on any atom is 0.327 e. The minimum atomic E-state index is -0.903. The Kier molecular flexibility index (Phi) is 10.2. The Morgan fingerprint density at radius 3 is 2.48 bits per heavy atom. The molecule has 0 unspecified atom stereocenters. The number of carbonyl (C=O) groups excluding carboxylic acids is 2. The number of ether oxygens (including phenoxy) is 1. The number of nitrogens with one attached hydrogen (secondary N) is 2. The summed E-state index contributed by atoms with van der Waals surface area (Å²) in [6, 6.07) is 0. The summed E-state index contributed by atoms with van der Waals surface area (Å²) in [6.45, 7) is 2.72. The number of fused-ring (bicyclic) bond motifs is 2. The SMILES string of the molecule is CCCCCC(=O)NCC(=O)NC[C@H]1[C@@H](CCCCC=CC(=O)O)[C@H]2CC[C@@H]1O2. The summed E-state index contributed by atoms with van der Waals surface area (Å²) in [4.78, 5) is 34.3. The summed E-state index contributed by atoms with van der Waals surface area (Å²) in [6.07, 6.45) is 12.8. The van der Waals surface area contributed by atoms with Crippen molar-refractivity contribution in [2.24, 2.45) is 11.8 Å². The summed E-state index contributed by atoms with van der Waals surface area (Å²) in [7, 11) is 0. The Bertz CT molecular complexity index is 578. The maximum atomic E-state index is 12.1. The second-order valence-electron chi connectivity index (χ2n) is 8.18. The molecule has 0 aromatic rings. The van der Waals surface area contributed by atoms with Gasteiger partial charge in [-0.1, -0.05) is 32.3 Å². The molecule has 0 radical (unpaired) electrons. The Morgan fingerprint density at radius 1 is 1.00 bits per heavy atom. The van der Waals surface area contributed by atoms with Crippen molar-refractivity contribution in [2.75, 3.05) is 13.1 Å². The highest BCUT2D eigenvalue weighted by molar-refractivity contribution is 5.84. The van der Waals surface area contributed by atoms with E-state index in [2.05, 4.69) is 17.6 Å². The van der Waals surface area contributed by atoms with Crippen molar-refractivity contribution < 1.29 is 24.2 Å². The van der Waals surface area contributed by atoms with Crippen LogP contribution < -0.4 is 10.6 Å². The molecule has 2 aliphatic rings. The number of unbranched alkanes of at least 4 members (excludes halogenated alkanes) is 4. The molecule has 2 bridgehead atoms. The van der Waals surface area contributed by atoms with E-state index in [0.29, 0.717) is 24.8 Å². The van der Waals surface area contributed by atoms with Gasteiger partial charge in [-0.15, -0.1) is 0 Å². The molecule has 2 rings (SSSR count). The molecular formula is C22H36N2O5. The van der Waals surface area contributed by atoms with Gasteiger partial charge in [0.15, 0.2) is 0 Å². The van der Waals surface area contributed by atoms with Gasteiger partial charge >= 0.3 is 5.97 Å². The normalized spacial score (nSPS) is 25.4. The first kappa shape index (κ1) is 23.4. The third-order valence-corrected chi connectivity index (χ3v) is 6.00. The standard InChI is InChI=1S/C22H36N2O5/c1-2-3-6-10-20(25)24-15-21(26)23-14-17-16(18-12-13-19(17)29-18)9-7-4-5-8-11-22(27)28/h8,11,16-19H,2-7,9-10,12-15H2,1H3,(H,23,26)(H,24,25)(H,27,28)/t16-,17+,18-,19+/m1/s1. The van der Waals surface area contributed by atoms with Crippen molar-refractivity contribution in [1.29, 1.82) is 0 Å². The van der Waals surface area contributed by atoms with E-state index in [1.165, 1.54) is 6.08 Å². The third-order valence-electron chi connectivity index (χ3n) is 6.00. The highest BCUT2D eigenvalue weighted by atomic mass is 16.5. The first-order valence-corrected chi connectivity index (χ1v) is 11.1. The van der Waals surface area contributed by atoms with Gasteiger partial charge in [0, 0.05) is 25.0 Å². The number of rotatable bonds is 14. The summed E-state index contributed by atoms with van der Waals surface area (Å²) in [5.41, 5.74) is 0. The van der Waals surface area contributed by atoms with Crippen LogP contribution in [0.25, 0.3) is 0 Å². The molecule has 2 amide bonds. The molecule has 0 saturated carbocycles. The molecule has 0 spiro atoms. The second-order valence-corrected chi connectivity index (χ2v) is 8.18. The minimum absolute atomic E-state index is 0.0349. The highest BCUT2D eigenvalue weighted by Crippen LogP contribution is 2.45. The van der Waals surface area contributed by atoms with Crippen LogP contribution >= 0.6 is 0 Å². The fourth-order valence-electron chi connectivity index (χ4n) is 4.48. The summed E-state index contributed by atoms with van der Waals surface area (Å²) >= 11 is 0. The average Bonchev–Trinajstić information content (AvgIpc) is 3.29. The van der Waals surface area contributed by atoms with Crippen LogP contribution in [-0.2, 0) is 19.1 Å². The van der Waals surface area contributed by atoms with Crippen molar-refractivity contribution in [3.63, 3.8) is 0 Å². The van der Waals surface area contributed by atoms with E-state index >= 15 is 0 Å². The van der Waals surface area contributed by atoms with Crippen LogP contribution in [0.1, 0.15) is 71.1 Å². The van der Waals surface area contributed by atoms with Crippen LogP contribution in [0.5, 0.6) is 0 Å². The smallest absolute Gasteiger partial charge is 0.327 e. The highest BCUT2D eigenvalue weighted by Gasteiger charge is 2.48. The fraction of sp³-hybridized carbons (Fsp3) is 0.773. The number of carbonyl (C=O) groups is 3. The number of hydrogen-bond acceptors (Lipinski definition) is 4. The zero-order valence-corrected chi connectivity index (χ0v) is 17.5. The monoisotopic (exact) mass is 408 g/mol. The van der Waals surface area contributed by atoms with Crippen molar-refractivity contribution in [2.45, 2.75) is 83.3 Å². The lowest BCUT2D eigenvalue weighted by molar-refractivity contribution is -0.131. The molecule has 164 valence electrons. The lowest BCUT2D eigenvalue weighted by atomic mass is 9.76. The molecule has 7 nitrogen and oxygen atoms in total. The van der Waals surface area contributed by atoms with E-state index < -0.39 is 5.97 Å². The van der Waals surface area contributed by atoms with Gasteiger partial charge in [-0.05, 0) is 44.4 Å². The molecule has 2 aliphatic heterocycles. The number of carboxylic acids is 1. The van der Waals surface area contributed by atoms with E-state index in [1.807, 2.05) is 0 Å². The number of amides is 2. The molecule has 0 aromatic heterocycles. The van der Waals surface area contributed by atoms with Gasteiger partial charge < -0.3 is 20.5 Å². The van der Waals surface area contributed by atoms with Crippen LogP contribution in [0.2, 0.25) is 0 Å². The van der Waals surface area contributed by atoms with Crippen molar-refractivity contribution >= 4 is 17.8 Å². The molecule has 2 saturated heterocycles. The van der Waals surface area contributed by atoms with Crippen LogP contribution in [0.4, 0.5) is 0 Å². The first-order valence-electron chi connectivity index (χ1n) is 11.1. The van der Waals surface area contributed by atoms with E-state index in [-0.39, 0.29) is 30.6 Å². The second kappa shape index (κ2) is 12.6. The fourth-order valence-corrected chi connectivity index (χ4v) is 4.48. The molecule has 29 heavy (non-hydrogen) atoms.